The Labute approximate surface area is 96.2 Å². The molecule has 0 atom stereocenters. The Hall–Kier alpha value is -1.83. The summed E-state index contributed by atoms with van der Waals surface area (Å²) in [5.41, 5.74) is 1.71. The van der Waals surface area contributed by atoms with Crippen molar-refractivity contribution in [2.75, 3.05) is 6.61 Å². The summed E-state index contributed by atoms with van der Waals surface area (Å²) >= 11 is 0. The van der Waals surface area contributed by atoms with Gasteiger partial charge in [0.15, 0.2) is 0 Å². The van der Waals surface area contributed by atoms with Crippen LogP contribution in [0, 0.1) is 0 Å². The molecule has 0 saturated carbocycles. The Balaban J connectivity index is 2.59. The molecule has 0 aliphatic heterocycles. The Kier molecular flexibility index (Phi) is 5.06. The maximum atomic E-state index is 11.3. The van der Waals surface area contributed by atoms with Crippen molar-refractivity contribution in [3.8, 4) is 0 Å². The number of hydrogen-bond acceptors (Lipinski definition) is 2. The molecule has 0 spiro atoms. The summed E-state index contributed by atoms with van der Waals surface area (Å²) in [6.45, 7) is 3.95. The molecule has 0 aliphatic rings. The average molecular weight is 216 g/mol. The number of carbonyl (C=O) groups is 1. The van der Waals surface area contributed by atoms with Crippen molar-refractivity contribution in [1.29, 1.82) is 0 Å². The molecule has 84 valence electrons. The van der Waals surface area contributed by atoms with Gasteiger partial charge in [-0.15, -0.1) is 0 Å². The molecule has 0 fully saturated rings. The summed E-state index contributed by atoms with van der Waals surface area (Å²) < 4.78 is 4.87. The number of rotatable bonds is 4. The van der Waals surface area contributed by atoms with Gasteiger partial charge in [-0.05, 0) is 19.4 Å². The largest absolute Gasteiger partial charge is 0.463 e. The van der Waals surface area contributed by atoms with Crippen molar-refractivity contribution in [1.82, 2.24) is 0 Å². The maximum Gasteiger partial charge on any atom is 0.333 e. The molecule has 0 aromatic heterocycles. The normalized spacial score (nSPS) is 11.8. The van der Waals surface area contributed by atoms with E-state index < -0.39 is 0 Å². The fraction of sp³-hybridized carbons (Fsp3) is 0.214. The first-order valence-electron chi connectivity index (χ1n) is 5.31. The highest BCUT2D eigenvalue weighted by Gasteiger charge is 2.01. The van der Waals surface area contributed by atoms with Crippen molar-refractivity contribution in [3.05, 3.63) is 53.6 Å². The van der Waals surface area contributed by atoms with Crippen molar-refractivity contribution < 1.29 is 9.53 Å². The zero-order valence-electron chi connectivity index (χ0n) is 9.64. The van der Waals surface area contributed by atoms with Crippen LogP contribution in [0.25, 0.3) is 6.08 Å². The number of esters is 1. The summed E-state index contributed by atoms with van der Waals surface area (Å²) in [5.74, 6) is -0.264. The summed E-state index contributed by atoms with van der Waals surface area (Å²) in [7, 11) is 0. The van der Waals surface area contributed by atoms with E-state index in [1.807, 2.05) is 42.5 Å². The Morgan fingerprint density at radius 3 is 2.62 bits per heavy atom. The molecule has 0 N–H and O–H groups in total. The first kappa shape index (κ1) is 12.2. The van der Waals surface area contributed by atoms with Gasteiger partial charge < -0.3 is 4.74 Å². The maximum absolute atomic E-state index is 11.3. The third kappa shape index (κ3) is 4.13. The van der Waals surface area contributed by atoms with Crippen LogP contribution in [-0.2, 0) is 9.53 Å². The van der Waals surface area contributed by atoms with Crippen LogP contribution >= 0.6 is 0 Å². The van der Waals surface area contributed by atoms with E-state index in [-0.39, 0.29) is 5.97 Å². The van der Waals surface area contributed by atoms with Crippen LogP contribution in [0.15, 0.2) is 48.1 Å². The minimum absolute atomic E-state index is 0.264. The summed E-state index contributed by atoms with van der Waals surface area (Å²) in [6.07, 6.45) is 5.55. The molecule has 0 amide bonds. The van der Waals surface area contributed by atoms with Crippen LogP contribution in [0.1, 0.15) is 19.4 Å². The first-order valence-corrected chi connectivity index (χ1v) is 5.31. The minimum Gasteiger partial charge on any atom is -0.463 e. The first-order chi connectivity index (χ1) is 7.74. The van der Waals surface area contributed by atoms with Gasteiger partial charge in [0.2, 0.25) is 0 Å². The molecular weight excluding hydrogens is 200 g/mol. The smallest absolute Gasteiger partial charge is 0.333 e. The molecule has 0 saturated heterocycles. The van der Waals surface area contributed by atoms with E-state index in [1.54, 1.807) is 19.9 Å². The predicted molar refractivity (Wildman–Crippen MR) is 65.9 cm³/mol. The molecule has 16 heavy (non-hydrogen) atoms. The van der Waals surface area contributed by atoms with Crippen molar-refractivity contribution in [3.63, 3.8) is 0 Å². The number of hydrogen-bond donors (Lipinski definition) is 0. The van der Waals surface area contributed by atoms with Crippen LogP contribution < -0.4 is 0 Å². The Bertz CT molecular complexity index is 388. The van der Waals surface area contributed by atoms with Gasteiger partial charge in [-0.1, -0.05) is 48.6 Å². The molecule has 0 aliphatic carbocycles. The SMILES string of the molecule is CCOC(=O)/C(C)=C/C=C/c1ccccc1. The van der Waals surface area contributed by atoms with E-state index in [2.05, 4.69) is 0 Å². The van der Waals surface area contributed by atoms with E-state index in [1.165, 1.54) is 0 Å². The summed E-state index contributed by atoms with van der Waals surface area (Å²) in [6, 6.07) is 9.92. The Morgan fingerprint density at radius 1 is 1.31 bits per heavy atom. The van der Waals surface area contributed by atoms with Crippen LogP contribution in [-0.4, -0.2) is 12.6 Å². The third-order valence-electron chi connectivity index (χ3n) is 2.03. The zero-order valence-corrected chi connectivity index (χ0v) is 9.64. The van der Waals surface area contributed by atoms with Gasteiger partial charge in [-0.3, -0.25) is 0 Å². The lowest BCUT2D eigenvalue weighted by molar-refractivity contribution is -0.138. The quantitative estimate of drug-likeness (QED) is 0.439. The van der Waals surface area contributed by atoms with Crippen molar-refractivity contribution >= 4 is 12.0 Å². The topological polar surface area (TPSA) is 26.3 Å². The monoisotopic (exact) mass is 216 g/mol. The molecule has 0 heterocycles. The van der Waals surface area contributed by atoms with E-state index in [4.69, 9.17) is 4.74 Å². The standard InChI is InChI=1S/C14H16O2/c1-3-16-14(15)12(2)8-7-11-13-9-5-4-6-10-13/h4-11H,3H2,1-2H3/b11-7+,12-8+. The number of ether oxygens (including phenoxy) is 1. The van der Waals surface area contributed by atoms with Crippen molar-refractivity contribution in [2.45, 2.75) is 13.8 Å². The van der Waals surface area contributed by atoms with Gasteiger partial charge in [0.25, 0.3) is 0 Å². The summed E-state index contributed by atoms with van der Waals surface area (Å²) in [4.78, 5) is 11.3. The fourth-order valence-corrected chi connectivity index (χ4v) is 1.18. The number of benzene rings is 1. The van der Waals surface area contributed by atoms with E-state index >= 15 is 0 Å². The number of allylic oxidation sites excluding steroid dienone is 2. The predicted octanol–water partition coefficient (Wildman–Crippen LogP) is 3.21. The number of carbonyl (C=O) groups excluding carboxylic acids is 1. The highest BCUT2D eigenvalue weighted by Crippen LogP contribution is 2.03. The lowest BCUT2D eigenvalue weighted by Gasteiger charge is -1.99. The minimum atomic E-state index is -0.264. The molecule has 1 aromatic carbocycles. The zero-order chi connectivity index (χ0) is 11.8. The van der Waals surface area contributed by atoms with Crippen LogP contribution in [0.5, 0.6) is 0 Å². The molecule has 2 nitrogen and oxygen atoms in total. The molecule has 0 bridgehead atoms. The highest BCUT2D eigenvalue weighted by molar-refractivity contribution is 5.88. The molecular formula is C14H16O2. The van der Waals surface area contributed by atoms with E-state index in [9.17, 15) is 4.79 Å². The lowest BCUT2D eigenvalue weighted by Crippen LogP contribution is -2.04. The van der Waals surface area contributed by atoms with Gasteiger partial charge >= 0.3 is 5.97 Å². The van der Waals surface area contributed by atoms with Gasteiger partial charge in [-0.2, -0.15) is 0 Å². The van der Waals surface area contributed by atoms with Crippen LogP contribution in [0.3, 0.4) is 0 Å². The third-order valence-corrected chi connectivity index (χ3v) is 2.03. The molecule has 2 heteroatoms. The van der Waals surface area contributed by atoms with Gasteiger partial charge in [-0.25, -0.2) is 4.79 Å². The molecule has 0 radical (unpaired) electrons. The second kappa shape index (κ2) is 6.62. The van der Waals surface area contributed by atoms with Gasteiger partial charge in [0.05, 0.1) is 6.61 Å². The highest BCUT2D eigenvalue weighted by atomic mass is 16.5. The Morgan fingerprint density at radius 2 is 2.00 bits per heavy atom. The van der Waals surface area contributed by atoms with Crippen LogP contribution in [0.4, 0.5) is 0 Å². The molecule has 1 rings (SSSR count). The molecule has 0 unspecified atom stereocenters. The van der Waals surface area contributed by atoms with Gasteiger partial charge in [0.1, 0.15) is 0 Å². The van der Waals surface area contributed by atoms with Crippen LogP contribution in [0.2, 0.25) is 0 Å². The molecule has 1 aromatic rings. The van der Waals surface area contributed by atoms with E-state index in [0.717, 1.165) is 5.56 Å². The fourth-order valence-electron chi connectivity index (χ4n) is 1.18. The second-order valence-electron chi connectivity index (χ2n) is 3.34. The average Bonchev–Trinajstić information content (AvgIpc) is 2.30. The summed E-state index contributed by atoms with van der Waals surface area (Å²) in [5, 5.41) is 0. The van der Waals surface area contributed by atoms with Crippen molar-refractivity contribution in [2.24, 2.45) is 0 Å². The van der Waals surface area contributed by atoms with E-state index in [0.29, 0.717) is 12.2 Å². The lowest BCUT2D eigenvalue weighted by atomic mass is 10.2. The van der Waals surface area contributed by atoms with Gasteiger partial charge in [0, 0.05) is 5.57 Å². The second-order valence-corrected chi connectivity index (χ2v) is 3.34.